The van der Waals surface area contributed by atoms with Gasteiger partial charge in [0.2, 0.25) is 0 Å². The maximum absolute atomic E-state index is 11.9. The first-order valence-electron chi connectivity index (χ1n) is 7.79. The van der Waals surface area contributed by atoms with E-state index in [9.17, 15) is 4.79 Å². The van der Waals surface area contributed by atoms with Gasteiger partial charge in [-0.3, -0.25) is 4.79 Å². The summed E-state index contributed by atoms with van der Waals surface area (Å²) in [5, 5.41) is 14.2. The average molecular weight is 295 g/mol. The lowest BCUT2D eigenvalue weighted by Crippen LogP contribution is -2.29. The van der Waals surface area contributed by atoms with Gasteiger partial charge in [-0.05, 0) is 38.8 Å². The number of piperidine rings is 1. The lowest BCUT2D eigenvalue weighted by Gasteiger charge is -2.22. The Morgan fingerprint density at radius 1 is 1.48 bits per heavy atom. The normalized spacial score (nSPS) is 16.0. The van der Waals surface area contributed by atoms with Gasteiger partial charge in [-0.1, -0.05) is 12.1 Å². The van der Waals surface area contributed by atoms with Crippen LogP contribution >= 0.6 is 0 Å². The number of ether oxygens (including phenoxy) is 1. The molecule has 0 atom stereocenters. The zero-order chi connectivity index (χ0) is 14.9. The van der Waals surface area contributed by atoms with E-state index in [0.717, 1.165) is 45.4 Å². The highest BCUT2D eigenvalue weighted by Gasteiger charge is 2.18. The fourth-order valence-corrected chi connectivity index (χ4v) is 2.34. The van der Waals surface area contributed by atoms with Gasteiger partial charge in [0, 0.05) is 19.8 Å². The van der Waals surface area contributed by atoms with Crippen molar-refractivity contribution in [3.8, 4) is 0 Å². The summed E-state index contributed by atoms with van der Waals surface area (Å²) in [7, 11) is 0. The van der Waals surface area contributed by atoms with Crippen molar-refractivity contribution in [2.75, 3.05) is 32.8 Å². The van der Waals surface area contributed by atoms with Crippen LogP contribution in [0.15, 0.2) is 6.20 Å². The fourth-order valence-electron chi connectivity index (χ4n) is 2.34. The van der Waals surface area contributed by atoms with E-state index in [0.29, 0.717) is 24.9 Å². The predicted molar refractivity (Wildman–Crippen MR) is 79.2 cm³/mol. The van der Waals surface area contributed by atoms with Crippen molar-refractivity contribution >= 4 is 5.91 Å². The molecule has 1 aliphatic rings. The molecule has 0 aromatic carbocycles. The quantitative estimate of drug-likeness (QED) is 0.692. The van der Waals surface area contributed by atoms with E-state index < -0.39 is 0 Å². The van der Waals surface area contributed by atoms with Crippen LogP contribution in [-0.2, 0) is 4.74 Å². The van der Waals surface area contributed by atoms with Crippen LogP contribution in [0.5, 0.6) is 0 Å². The van der Waals surface area contributed by atoms with Gasteiger partial charge in [-0.25, -0.2) is 4.68 Å². The van der Waals surface area contributed by atoms with Crippen molar-refractivity contribution in [3.63, 3.8) is 0 Å². The molecule has 0 saturated carbocycles. The Morgan fingerprint density at radius 2 is 2.29 bits per heavy atom. The summed E-state index contributed by atoms with van der Waals surface area (Å²) in [5.74, 6) is -0.161. The molecular formula is C14H25N5O2. The van der Waals surface area contributed by atoms with Crippen LogP contribution in [0, 0.1) is 0 Å². The molecule has 21 heavy (non-hydrogen) atoms. The predicted octanol–water partition coefficient (Wildman–Crippen LogP) is 0.749. The van der Waals surface area contributed by atoms with Crippen molar-refractivity contribution in [2.24, 2.45) is 0 Å². The van der Waals surface area contributed by atoms with E-state index in [-0.39, 0.29) is 5.91 Å². The van der Waals surface area contributed by atoms with E-state index in [4.69, 9.17) is 4.74 Å². The van der Waals surface area contributed by atoms with Gasteiger partial charge in [-0.15, -0.1) is 5.10 Å². The molecule has 1 aliphatic heterocycles. The Labute approximate surface area is 125 Å². The Balaban J connectivity index is 1.71. The minimum atomic E-state index is -0.161. The Bertz CT molecular complexity index is 429. The number of carbonyl (C=O) groups is 1. The van der Waals surface area contributed by atoms with Crippen LogP contribution in [0.1, 0.15) is 49.1 Å². The van der Waals surface area contributed by atoms with Crippen LogP contribution in [0.2, 0.25) is 0 Å². The van der Waals surface area contributed by atoms with Gasteiger partial charge in [0.05, 0.1) is 12.2 Å². The lowest BCUT2D eigenvalue weighted by atomic mass is 10.1. The molecule has 0 bridgehead atoms. The summed E-state index contributed by atoms with van der Waals surface area (Å²) >= 11 is 0. The minimum Gasteiger partial charge on any atom is -0.381 e. The van der Waals surface area contributed by atoms with Gasteiger partial charge in [0.25, 0.3) is 5.91 Å². The highest BCUT2D eigenvalue weighted by Crippen LogP contribution is 2.16. The maximum atomic E-state index is 11.9. The van der Waals surface area contributed by atoms with Crippen LogP contribution < -0.4 is 10.6 Å². The van der Waals surface area contributed by atoms with Crippen LogP contribution in [-0.4, -0.2) is 53.7 Å². The molecule has 0 unspecified atom stereocenters. The maximum Gasteiger partial charge on any atom is 0.273 e. The molecule has 118 valence electrons. The minimum absolute atomic E-state index is 0.161. The molecule has 2 rings (SSSR count). The lowest BCUT2D eigenvalue weighted by molar-refractivity contribution is 0.0936. The molecule has 1 fully saturated rings. The van der Waals surface area contributed by atoms with Crippen molar-refractivity contribution in [1.29, 1.82) is 0 Å². The highest BCUT2D eigenvalue weighted by atomic mass is 16.5. The molecule has 1 aromatic rings. The Hall–Kier alpha value is -1.47. The Morgan fingerprint density at radius 3 is 3.05 bits per heavy atom. The summed E-state index contributed by atoms with van der Waals surface area (Å²) in [4.78, 5) is 11.9. The van der Waals surface area contributed by atoms with E-state index in [1.54, 1.807) is 6.20 Å². The van der Waals surface area contributed by atoms with Gasteiger partial charge < -0.3 is 15.4 Å². The third-order valence-electron chi connectivity index (χ3n) is 3.53. The molecule has 0 aliphatic carbocycles. The first-order chi connectivity index (χ1) is 10.3. The summed E-state index contributed by atoms with van der Waals surface area (Å²) in [6, 6.07) is 0.350. The second kappa shape index (κ2) is 8.74. The molecule has 1 amide bonds. The number of nitrogens with one attached hydrogen (secondary N) is 2. The van der Waals surface area contributed by atoms with Gasteiger partial charge in [0.15, 0.2) is 5.69 Å². The van der Waals surface area contributed by atoms with Crippen LogP contribution in [0.3, 0.4) is 0 Å². The molecular weight excluding hydrogens is 270 g/mol. The van der Waals surface area contributed by atoms with Crippen molar-refractivity contribution in [1.82, 2.24) is 25.6 Å². The molecule has 1 saturated heterocycles. The second-order valence-electron chi connectivity index (χ2n) is 5.29. The zero-order valence-electron chi connectivity index (χ0n) is 12.7. The second-order valence-corrected chi connectivity index (χ2v) is 5.29. The number of aromatic nitrogens is 3. The average Bonchev–Trinajstić information content (AvgIpc) is 3.01. The molecule has 2 N–H and O–H groups in total. The van der Waals surface area contributed by atoms with E-state index in [1.807, 2.05) is 4.68 Å². The number of amides is 1. The van der Waals surface area contributed by atoms with E-state index in [2.05, 4.69) is 27.9 Å². The highest BCUT2D eigenvalue weighted by molar-refractivity contribution is 5.91. The first kappa shape index (κ1) is 15.9. The molecule has 0 radical (unpaired) electrons. The summed E-state index contributed by atoms with van der Waals surface area (Å²) < 4.78 is 7.18. The number of hydrogen-bond acceptors (Lipinski definition) is 5. The smallest absolute Gasteiger partial charge is 0.273 e. The Kier molecular flexibility index (Phi) is 6.62. The third kappa shape index (κ3) is 5.09. The first-order valence-corrected chi connectivity index (χ1v) is 7.79. The van der Waals surface area contributed by atoms with Gasteiger partial charge >= 0.3 is 0 Å². The van der Waals surface area contributed by atoms with Crippen molar-refractivity contribution in [2.45, 2.75) is 38.6 Å². The monoisotopic (exact) mass is 295 g/mol. The molecule has 1 aromatic heterocycles. The van der Waals surface area contributed by atoms with E-state index in [1.165, 1.54) is 0 Å². The molecule has 2 heterocycles. The van der Waals surface area contributed by atoms with Crippen LogP contribution in [0.4, 0.5) is 0 Å². The molecule has 0 spiro atoms. The van der Waals surface area contributed by atoms with Crippen molar-refractivity contribution in [3.05, 3.63) is 11.9 Å². The summed E-state index contributed by atoms with van der Waals surface area (Å²) in [6.45, 7) is 6.11. The summed E-state index contributed by atoms with van der Waals surface area (Å²) in [5.41, 5.74) is 0.392. The number of nitrogens with zero attached hydrogens (tertiary/aromatic N) is 3. The number of rotatable bonds is 8. The summed E-state index contributed by atoms with van der Waals surface area (Å²) in [6.07, 6.45) is 5.64. The number of carbonyl (C=O) groups excluding carboxylic acids is 1. The topological polar surface area (TPSA) is 81.1 Å². The SMILES string of the molecule is CCCOCCCNC(=O)c1cn(C2CCNCC2)nn1. The number of hydrogen-bond donors (Lipinski definition) is 2. The van der Waals surface area contributed by atoms with E-state index >= 15 is 0 Å². The molecule has 7 heteroatoms. The van der Waals surface area contributed by atoms with Gasteiger partial charge in [-0.2, -0.15) is 0 Å². The van der Waals surface area contributed by atoms with Crippen molar-refractivity contribution < 1.29 is 9.53 Å². The molecule has 7 nitrogen and oxygen atoms in total. The van der Waals surface area contributed by atoms with Crippen LogP contribution in [0.25, 0.3) is 0 Å². The zero-order valence-corrected chi connectivity index (χ0v) is 12.7. The largest absolute Gasteiger partial charge is 0.381 e. The van der Waals surface area contributed by atoms with Gasteiger partial charge in [0.1, 0.15) is 0 Å². The fraction of sp³-hybridized carbons (Fsp3) is 0.786. The standard InChI is InChI=1S/C14H25N5O2/c1-2-9-21-10-3-6-16-14(20)13-11-19(18-17-13)12-4-7-15-8-5-12/h11-12,15H,2-10H2,1H3,(H,16,20). The third-order valence-corrected chi connectivity index (χ3v) is 3.53.